The first-order valence-electron chi connectivity index (χ1n) is 20.5. The molecule has 48 heavy (non-hydrogen) atoms. The molecule has 10 heteroatoms. The van der Waals surface area contributed by atoms with Crippen molar-refractivity contribution in [2.75, 3.05) is 6.61 Å². The lowest BCUT2D eigenvalue weighted by molar-refractivity contribution is -0.843. The second-order valence-electron chi connectivity index (χ2n) is 13.7. The molecule has 0 heterocycles. The molecule has 0 radical (unpaired) electrons. The molecule has 0 atom stereocenters. The van der Waals surface area contributed by atoms with Gasteiger partial charge in [0.15, 0.2) is 0 Å². The summed E-state index contributed by atoms with van der Waals surface area (Å²) in [6.07, 6.45) is 50.4. The minimum absolute atomic E-state index is 0.363. The van der Waals surface area contributed by atoms with Gasteiger partial charge < -0.3 is 0 Å². The van der Waals surface area contributed by atoms with Gasteiger partial charge in [-0.15, -0.1) is 0 Å². The highest BCUT2D eigenvalue weighted by molar-refractivity contribution is 4.53. The van der Waals surface area contributed by atoms with Crippen molar-refractivity contribution < 1.29 is 50.5 Å². The Hall–Kier alpha value is -0.400. The van der Waals surface area contributed by atoms with Crippen LogP contribution < -0.4 is 0 Å². The Kier molecular flexibility index (Phi) is 46.2. The molecule has 0 aliphatic carbocycles. The fourth-order valence-electron chi connectivity index (χ4n) is 6.37. The van der Waals surface area contributed by atoms with E-state index in [2.05, 4.69) is 47.2 Å². The zero-order valence-electron chi connectivity index (χ0n) is 31.3. The zero-order valence-corrected chi connectivity index (χ0v) is 31.3. The molecular formula is C38H78O10. The maximum atomic E-state index is 7.71. The summed E-state index contributed by atoms with van der Waals surface area (Å²) in [5.74, 6) is 0. The van der Waals surface area contributed by atoms with Gasteiger partial charge in [-0.25, -0.2) is 10.1 Å². The fraction of sp³-hybridized carbons (Fsp3) is 1.00. The van der Waals surface area contributed by atoms with E-state index in [1.165, 1.54) is 218 Å². The number of hydrogen-bond acceptors (Lipinski definition) is 10. The molecule has 0 aliphatic rings. The zero-order chi connectivity index (χ0) is 34.5. The Morgan fingerprint density at radius 2 is 0.458 bits per heavy atom. The van der Waals surface area contributed by atoms with E-state index in [1.807, 2.05) is 0 Å². The van der Waals surface area contributed by atoms with E-state index in [4.69, 9.17) is 10.1 Å². The Bertz CT molecular complexity index is 498. The molecule has 0 aromatic heterocycles. The molecule has 0 saturated carbocycles. The summed E-state index contributed by atoms with van der Waals surface area (Å²) in [7, 11) is 0. The molecule has 0 saturated heterocycles. The molecular weight excluding hydrogens is 616 g/mol. The van der Waals surface area contributed by atoms with Crippen LogP contribution in [0.15, 0.2) is 0 Å². The van der Waals surface area contributed by atoms with Crippen LogP contribution in [0.5, 0.6) is 0 Å². The topological polar surface area (TPSA) is 103 Å². The molecule has 0 rings (SSSR count). The predicted octanol–water partition coefficient (Wildman–Crippen LogP) is 14.0. The number of hydrogen-bond donors (Lipinski definition) is 1. The lowest BCUT2D eigenvalue weighted by Crippen LogP contribution is -2.03. The van der Waals surface area contributed by atoms with Crippen molar-refractivity contribution in [3.05, 3.63) is 0 Å². The van der Waals surface area contributed by atoms with Crippen LogP contribution in [-0.2, 0) is 45.2 Å². The largest absolute Gasteiger partial charge is 0.219 e. The molecule has 1 N–H and O–H groups in total. The van der Waals surface area contributed by atoms with Gasteiger partial charge in [0.25, 0.3) is 0 Å². The molecule has 290 valence electrons. The van der Waals surface area contributed by atoms with Gasteiger partial charge >= 0.3 is 0 Å². The molecule has 0 amide bonds. The second-order valence-corrected chi connectivity index (χ2v) is 13.7. The van der Waals surface area contributed by atoms with Crippen LogP contribution in [0, 0.1) is 0 Å². The predicted molar refractivity (Wildman–Crippen MR) is 189 cm³/mol. The van der Waals surface area contributed by atoms with Crippen LogP contribution >= 0.6 is 0 Å². The molecule has 0 spiro atoms. The van der Waals surface area contributed by atoms with Crippen molar-refractivity contribution in [1.82, 2.24) is 0 Å². The van der Waals surface area contributed by atoms with Gasteiger partial charge in [0.2, 0.25) is 0 Å². The van der Waals surface area contributed by atoms with Gasteiger partial charge in [-0.05, 0) is 46.7 Å². The standard InChI is InChI=1S/C38H78O10/c1-2-3-4-5-6-7-8-9-10-11-12-13-14-15-16-17-18-19-20-21-22-23-24-25-26-27-28-29-30-31-32-33-34-35-36-37-38-40-42-44-46-48-47-45-43-41-39/h39H,2-38H2,1H3. The smallest absolute Gasteiger partial charge is 0.0855 e. The summed E-state index contributed by atoms with van der Waals surface area (Å²) < 4.78 is 0. The fourth-order valence-corrected chi connectivity index (χ4v) is 6.37. The monoisotopic (exact) mass is 695 g/mol. The van der Waals surface area contributed by atoms with E-state index in [1.54, 1.807) is 0 Å². The van der Waals surface area contributed by atoms with Crippen LogP contribution in [-0.4, -0.2) is 11.9 Å². The lowest BCUT2D eigenvalue weighted by atomic mass is 10.0. The minimum Gasteiger partial charge on any atom is -0.219 e. The van der Waals surface area contributed by atoms with Gasteiger partial charge in [0, 0.05) is 0 Å². The van der Waals surface area contributed by atoms with Crippen LogP contribution in [0.4, 0.5) is 0 Å². The molecule has 0 aliphatic heterocycles. The SMILES string of the molecule is CCCCCCCCCCCCCCCCCCCCCCCCCCCCCCCCCCCCCCOOOOOOOOOO. The van der Waals surface area contributed by atoms with E-state index < -0.39 is 0 Å². The van der Waals surface area contributed by atoms with Gasteiger partial charge in [0.1, 0.15) is 0 Å². The first kappa shape index (κ1) is 47.6. The molecule has 0 fully saturated rings. The quantitative estimate of drug-likeness (QED) is 0.0376. The van der Waals surface area contributed by atoms with Crippen LogP contribution in [0.25, 0.3) is 0 Å². The van der Waals surface area contributed by atoms with Gasteiger partial charge in [0.05, 0.1) is 6.61 Å². The van der Waals surface area contributed by atoms with E-state index in [9.17, 15) is 0 Å². The van der Waals surface area contributed by atoms with Gasteiger partial charge in [-0.3, -0.25) is 0 Å². The maximum Gasteiger partial charge on any atom is 0.0855 e. The molecule has 0 aromatic rings. The van der Waals surface area contributed by atoms with Crippen molar-refractivity contribution in [3.63, 3.8) is 0 Å². The third-order valence-corrected chi connectivity index (χ3v) is 9.33. The van der Waals surface area contributed by atoms with Crippen molar-refractivity contribution >= 4 is 0 Å². The highest BCUT2D eigenvalue weighted by Gasteiger charge is 1.99. The average molecular weight is 695 g/mol. The summed E-state index contributed by atoms with van der Waals surface area (Å²) in [6.45, 7) is 2.66. The van der Waals surface area contributed by atoms with Crippen LogP contribution in [0.3, 0.4) is 0 Å². The van der Waals surface area contributed by atoms with E-state index in [0.717, 1.165) is 12.8 Å². The third kappa shape index (κ3) is 45.6. The minimum atomic E-state index is 0.363. The van der Waals surface area contributed by atoms with E-state index in [0.29, 0.717) is 6.61 Å². The summed E-state index contributed by atoms with van der Waals surface area (Å²) in [5, 5.41) is 37.2. The van der Waals surface area contributed by atoms with Crippen molar-refractivity contribution in [3.8, 4) is 0 Å². The van der Waals surface area contributed by atoms with Crippen molar-refractivity contribution in [2.24, 2.45) is 0 Å². The first-order chi connectivity index (χ1) is 23.9. The van der Waals surface area contributed by atoms with Crippen molar-refractivity contribution in [1.29, 1.82) is 0 Å². The summed E-state index contributed by atoms with van der Waals surface area (Å²) in [6, 6.07) is 0. The molecule has 0 bridgehead atoms. The Balaban J connectivity index is 3.04. The highest BCUT2D eigenvalue weighted by atomic mass is 17.9. The third-order valence-electron chi connectivity index (χ3n) is 9.33. The molecule has 0 aromatic carbocycles. The van der Waals surface area contributed by atoms with Gasteiger partial charge in [-0.2, -0.15) is 0 Å². The van der Waals surface area contributed by atoms with Crippen LogP contribution in [0.1, 0.15) is 238 Å². The average Bonchev–Trinajstić information content (AvgIpc) is 3.10. The first-order valence-corrected chi connectivity index (χ1v) is 20.5. The lowest BCUT2D eigenvalue weighted by Gasteiger charge is -2.05. The normalized spacial score (nSPS) is 11.6. The summed E-state index contributed by atoms with van der Waals surface area (Å²) in [5.41, 5.74) is 0. The van der Waals surface area contributed by atoms with E-state index in [-0.39, 0.29) is 0 Å². The summed E-state index contributed by atoms with van der Waals surface area (Å²) >= 11 is 0. The number of rotatable bonds is 45. The number of unbranched alkanes of at least 4 members (excludes halogenated alkanes) is 35. The van der Waals surface area contributed by atoms with E-state index >= 15 is 0 Å². The Labute approximate surface area is 294 Å². The Morgan fingerprint density at radius 1 is 0.250 bits per heavy atom. The highest BCUT2D eigenvalue weighted by Crippen LogP contribution is 2.17. The molecule has 10 nitrogen and oxygen atoms in total. The summed E-state index contributed by atoms with van der Waals surface area (Å²) in [4.78, 5) is 4.71. The maximum absolute atomic E-state index is 7.71. The van der Waals surface area contributed by atoms with Crippen LogP contribution in [0.2, 0.25) is 0 Å². The Morgan fingerprint density at radius 3 is 0.708 bits per heavy atom. The second kappa shape index (κ2) is 46.6. The molecule has 0 unspecified atom stereocenters. The van der Waals surface area contributed by atoms with Crippen molar-refractivity contribution in [2.45, 2.75) is 238 Å². The van der Waals surface area contributed by atoms with Gasteiger partial charge in [-0.1, -0.05) is 232 Å².